The minimum atomic E-state index is -0.840. The van der Waals surface area contributed by atoms with Gasteiger partial charge in [0, 0.05) is 12.8 Å². The van der Waals surface area contributed by atoms with Crippen molar-refractivity contribution < 1.29 is 19.8 Å². The van der Waals surface area contributed by atoms with Crippen LogP contribution in [0.15, 0.2) is 24.3 Å². The van der Waals surface area contributed by atoms with Crippen LogP contribution in [0.25, 0.3) is 0 Å². The largest absolute Gasteiger partial charge is 0.481 e. The Morgan fingerprint density at radius 2 is 1.17 bits per heavy atom. The predicted molar refractivity (Wildman–Crippen MR) is 72.9 cm³/mol. The van der Waals surface area contributed by atoms with Crippen molar-refractivity contribution in [3.8, 4) is 0 Å². The van der Waals surface area contributed by atoms with Crippen molar-refractivity contribution in [1.29, 1.82) is 0 Å². The highest BCUT2D eigenvalue weighted by Crippen LogP contribution is 2.13. The molecule has 0 aromatic heterocycles. The Hall–Kier alpha value is -1.26. The second-order valence-electron chi connectivity index (χ2n) is 3.56. The molecule has 18 heavy (non-hydrogen) atoms. The molecule has 0 unspecified atom stereocenters. The van der Waals surface area contributed by atoms with Crippen LogP contribution < -0.4 is 0 Å². The van der Waals surface area contributed by atoms with Crippen molar-refractivity contribution in [3.05, 3.63) is 35.4 Å². The number of halogens is 2. The van der Waals surface area contributed by atoms with Gasteiger partial charge in [0.2, 0.25) is 0 Å². The zero-order chi connectivity index (χ0) is 12.0. The standard InChI is InChI=1S/C12H14O4.2ClH/c13-11(14)7-5-9-3-1-2-4-10(9)6-8-12(15)16;;/h1-4H,5-8H2,(H,13,14)(H,15,16);2*1H. The molecule has 0 aliphatic carbocycles. The average Bonchev–Trinajstić information content (AvgIpc) is 2.24. The molecule has 0 atom stereocenters. The number of carboxylic acid groups (broad SMARTS) is 2. The van der Waals surface area contributed by atoms with E-state index in [2.05, 4.69) is 0 Å². The van der Waals surface area contributed by atoms with Crippen LogP contribution in [0.5, 0.6) is 0 Å². The van der Waals surface area contributed by atoms with E-state index in [4.69, 9.17) is 10.2 Å². The van der Waals surface area contributed by atoms with Crippen LogP contribution in [0, 0.1) is 0 Å². The summed E-state index contributed by atoms with van der Waals surface area (Å²) >= 11 is 0. The maximum atomic E-state index is 10.5. The molecule has 0 amide bonds. The zero-order valence-electron chi connectivity index (χ0n) is 9.67. The van der Waals surface area contributed by atoms with Crippen molar-refractivity contribution in [2.45, 2.75) is 25.7 Å². The molecule has 0 saturated carbocycles. The number of hydrogen-bond donors (Lipinski definition) is 2. The highest BCUT2D eigenvalue weighted by molar-refractivity contribution is 5.85. The first-order valence-corrected chi connectivity index (χ1v) is 5.10. The van der Waals surface area contributed by atoms with Gasteiger partial charge in [-0.05, 0) is 24.0 Å². The monoisotopic (exact) mass is 294 g/mol. The Bertz CT molecular complexity index is 356. The normalized spacial score (nSPS) is 8.89. The van der Waals surface area contributed by atoms with Crippen LogP contribution in [0.4, 0.5) is 0 Å². The van der Waals surface area contributed by atoms with E-state index in [0.717, 1.165) is 11.1 Å². The first-order valence-electron chi connectivity index (χ1n) is 5.10. The van der Waals surface area contributed by atoms with E-state index in [1.54, 1.807) is 0 Å². The van der Waals surface area contributed by atoms with E-state index >= 15 is 0 Å². The van der Waals surface area contributed by atoms with Crippen molar-refractivity contribution in [1.82, 2.24) is 0 Å². The Morgan fingerprint density at radius 3 is 1.44 bits per heavy atom. The van der Waals surface area contributed by atoms with Gasteiger partial charge in [-0.25, -0.2) is 0 Å². The first-order chi connectivity index (χ1) is 7.59. The van der Waals surface area contributed by atoms with Gasteiger partial charge in [-0.2, -0.15) is 0 Å². The lowest BCUT2D eigenvalue weighted by Gasteiger charge is -2.06. The van der Waals surface area contributed by atoms with Gasteiger partial charge in [0.05, 0.1) is 0 Å². The molecule has 0 bridgehead atoms. The summed E-state index contributed by atoms with van der Waals surface area (Å²) in [5, 5.41) is 17.2. The Kier molecular flexibility index (Phi) is 10.3. The van der Waals surface area contributed by atoms with Crippen molar-refractivity contribution in [2.24, 2.45) is 0 Å². The fourth-order valence-electron chi connectivity index (χ4n) is 1.53. The molecule has 0 spiro atoms. The molecule has 1 aromatic carbocycles. The fraction of sp³-hybridized carbons (Fsp3) is 0.333. The first kappa shape index (κ1) is 19.1. The van der Waals surface area contributed by atoms with Crippen LogP contribution in [0.2, 0.25) is 0 Å². The summed E-state index contributed by atoms with van der Waals surface area (Å²) in [5.74, 6) is -1.68. The quantitative estimate of drug-likeness (QED) is 0.845. The minimum Gasteiger partial charge on any atom is -0.481 e. The third-order valence-electron chi connectivity index (χ3n) is 2.33. The maximum absolute atomic E-state index is 10.5. The van der Waals surface area contributed by atoms with Crippen LogP contribution >= 0.6 is 24.8 Å². The van der Waals surface area contributed by atoms with E-state index in [-0.39, 0.29) is 37.7 Å². The van der Waals surface area contributed by atoms with Crippen molar-refractivity contribution in [2.75, 3.05) is 0 Å². The van der Waals surface area contributed by atoms with E-state index in [0.29, 0.717) is 12.8 Å². The summed E-state index contributed by atoms with van der Waals surface area (Å²) in [7, 11) is 0. The third kappa shape index (κ3) is 7.14. The minimum absolute atomic E-state index is 0. The summed E-state index contributed by atoms with van der Waals surface area (Å²) in [4.78, 5) is 20.9. The van der Waals surface area contributed by atoms with E-state index in [1.807, 2.05) is 24.3 Å². The molecule has 4 nitrogen and oxygen atoms in total. The summed E-state index contributed by atoms with van der Waals surface area (Å²) in [6.45, 7) is 0. The van der Waals surface area contributed by atoms with Gasteiger partial charge in [-0.15, -0.1) is 24.8 Å². The van der Waals surface area contributed by atoms with Crippen molar-refractivity contribution in [3.63, 3.8) is 0 Å². The highest BCUT2D eigenvalue weighted by atomic mass is 35.5. The Morgan fingerprint density at radius 1 is 0.833 bits per heavy atom. The smallest absolute Gasteiger partial charge is 0.303 e. The maximum Gasteiger partial charge on any atom is 0.303 e. The van der Waals surface area contributed by atoms with Gasteiger partial charge in [-0.3, -0.25) is 9.59 Å². The lowest BCUT2D eigenvalue weighted by Crippen LogP contribution is -2.03. The third-order valence-corrected chi connectivity index (χ3v) is 2.33. The van der Waals surface area contributed by atoms with Crippen LogP contribution in [0.1, 0.15) is 24.0 Å². The topological polar surface area (TPSA) is 74.6 Å². The van der Waals surface area contributed by atoms with E-state index in [1.165, 1.54) is 0 Å². The highest BCUT2D eigenvalue weighted by Gasteiger charge is 2.06. The van der Waals surface area contributed by atoms with E-state index in [9.17, 15) is 9.59 Å². The molecule has 0 heterocycles. The number of benzene rings is 1. The summed E-state index contributed by atoms with van der Waals surface area (Å²) in [5.41, 5.74) is 1.84. The number of carboxylic acids is 2. The van der Waals surface area contributed by atoms with Crippen molar-refractivity contribution >= 4 is 36.8 Å². The van der Waals surface area contributed by atoms with E-state index < -0.39 is 11.9 Å². The van der Waals surface area contributed by atoms with Crippen LogP contribution in [-0.2, 0) is 22.4 Å². The summed E-state index contributed by atoms with van der Waals surface area (Å²) in [6, 6.07) is 7.36. The number of aliphatic carboxylic acids is 2. The molecule has 0 radical (unpaired) electrons. The Labute approximate surface area is 118 Å². The summed E-state index contributed by atoms with van der Waals surface area (Å²) < 4.78 is 0. The predicted octanol–water partition coefficient (Wildman–Crippen LogP) is 2.56. The average molecular weight is 295 g/mol. The molecule has 6 heteroatoms. The van der Waals surface area contributed by atoms with Gasteiger partial charge < -0.3 is 10.2 Å². The number of rotatable bonds is 6. The second kappa shape index (κ2) is 9.74. The fourth-order valence-corrected chi connectivity index (χ4v) is 1.53. The van der Waals surface area contributed by atoms with Crippen LogP contribution in [-0.4, -0.2) is 22.2 Å². The molecule has 2 N–H and O–H groups in total. The molecular formula is C12H16Cl2O4. The lowest BCUT2D eigenvalue weighted by atomic mass is 9.99. The van der Waals surface area contributed by atoms with Gasteiger partial charge in [-0.1, -0.05) is 24.3 Å². The Balaban J connectivity index is 0. The molecule has 0 saturated heterocycles. The molecule has 0 aliphatic heterocycles. The second-order valence-corrected chi connectivity index (χ2v) is 3.56. The van der Waals surface area contributed by atoms with Gasteiger partial charge in [0.1, 0.15) is 0 Å². The lowest BCUT2D eigenvalue weighted by molar-refractivity contribution is -0.138. The molecule has 1 rings (SSSR count). The van der Waals surface area contributed by atoms with Gasteiger partial charge in [0.15, 0.2) is 0 Å². The molecule has 102 valence electrons. The zero-order valence-corrected chi connectivity index (χ0v) is 11.3. The molecule has 1 aromatic rings. The van der Waals surface area contributed by atoms with Gasteiger partial charge >= 0.3 is 11.9 Å². The number of hydrogen-bond acceptors (Lipinski definition) is 2. The number of carbonyl (C=O) groups is 2. The SMILES string of the molecule is Cl.Cl.O=C(O)CCc1ccccc1CCC(=O)O. The van der Waals surface area contributed by atoms with Gasteiger partial charge in [0.25, 0.3) is 0 Å². The summed E-state index contributed by atoms with van der Waals surface area (Å²) in [6.07, 6.45) is 1.05. The van der Waals surface area contributed by atoms with Crippen LogP contribution in [0.3, 0.4) is 0 Å². The molecule has 0 aliphatic rings. The molecular weight excluding hydrogens is 279 g/mol. The number of aryl methyl sites for hydroxylation is 2. The molecule has 0 fully saturated rings.